The molecule has 4 heteroatoms. The first-order valence-corrected chi connectivity index (χ1v) is 8.16. The van der Waals surface area contributed by atoms with Crippen LogP contribution in [-0.2, 0) is 32.7 Å². The Morgan fingerprint density at radius 3 is 1.42 bits per heavy atom. The number of hydrogen-bond donors (Lipinski definition) is 0. The van der Waals surface area contributed by atoms with Gasteiger partial charge in [-0.3, -0.25) is 0 Å². The molecular formula is C8H18O2SnTi+2. The van der Waals surface area contributed by atoms with Gasteiger partial charge in [0.1, 0.15) is 0 Å². The molecule has 2 nitrogen and oxygen atoms in total. The van der Waals surface area contributed by atoms with Gasteiger partial charge in [0.15, 0.2) is 0 Å². The van der Waals surface area contributed by atoms with Crippen LogP contribution in [0.3, 0.4) is 0 Å². The van der Waals surface area contributed by atoms with Crippen molar-refractivity contribution in [2.75, 3.05) is 0 Å². The molecule has 0 unspecified atom stereocenters. The van der Waals surface area contributed by atoms with Gasteiger partial charge in [-0.25, -0.2) is 0 Å². The Bertz CT molecular complexity index is 50.3. The van der Waals surface area contributed by atoms with Gasteiger partial charge in [0, 0.05) is 0 Å². The summed E-state index contributed by atoms with van der Waals surface area (Å²) in [5.41, 5.74) is 0. The molecule has 0 saturated heterocycles. The molecule has 0 aromatic heterocycles. The van der Waals surface area contributed by atoms with E-state index in [0.29, 0.717) is 0 Å². The summed E-state index contributed by atoms with van der Waals surface area (Å²) in [7, 11) is 0. The fourth-order valence-electron chi connectivity index (χ4n) is 0.729. The predicted molar refractivity (Wildman–Crippen MR) is 46.6 cm³/mol. The second-order valence-electron chi connectivity index (χ2n) is 2.46. The molecule has 0 fully saturated rings. The van der Waals surface area contributed by atoms with Crippen LogP contribution in [0.4, 0.5) is 0 Å². The van der Waals surface area contributed by atoms with Gasteiger partial charge < -0.3 is 11.0 Å². The van der Waals surface area contributed by atoms with Gasteiger partial charge in [-0.05, 0) is 0 Å². The summed E-state index contributed by atoms with van der Waals surface area (Å²) in [5, 5.41) is 0. The summed E-state index contributed by atoms with van der Waals surface area (Å²) in [6.45, 7) is 4.58. The van der Waals surface area contributed by atoms with Crippen LogP contribution in [0, 0.1) is 0 Å². The van der Waals surface area contributed by atoms with E-state index >= 15 is 0 Å². The minimum Gasteiger partial charge on any atom is -2.00 e. The molecule has 12 heavy (non-hydrogen) atoms. The van der Waals surface area contributed by atoms with Crippen molar-refractivity contribution in [1.29, 1.82) is 0 Å². The predicted octanol–water partition coefficient (Wildman–Crippen LogP) is 2.89. The monoisotopic (exact) mass is 314 g/mol. The van der Waals surface area contributed by atoms with Crippen LogP contribution in [0.5, 0.6) is 0 Å². The molecular weight excluding hydrogens is 295 g/mol. The fraction of sp³-hybridized carbons (Fsp3) is 1.00. The summed E-state index contributed by atoms with van der Waals surface area (Å²) >= 11 is 0.149. The van der Waals surface area contributed by atoms with Gasteiger partial charge in [-0.2, -0.15) is 0 Å². The van der Waals surface area contributed by atoms with Crippen LogP contribution in [0.1, 0.15) is 39.5 Å². The molecule has 68 valence electrons. The smallest absolute Gasteiger partial charge is 2.00 e. The van der Waals surface area contributed by atoms with Crippen molar-refractivity contribution in [3.05, 3.63) is 0 Å². The molecule has 0 bridgehead atoms. The number of unbranched alkanes of at least 4 members (excludes halogenated alkanes) is 2. The maximum Gasteiger partial charge on any atom is 4.00 e. The molecule has 0 atom stereocenters. The normalized spacial score (nSPS) is 6.83. The summed E-state index contributed by atoms with van der Waals surface area (Å²) in [5.74, 6) is 0. The van der Waals surface area contributed by atoms with Gasteiger partial charge in [0.05, 0.1) is 0 Å². The van der Waals surface area contributed by atoms with E-state index in [0.717, 1.165) is 0 Å². The first-order chi connectivity index (χ1) is 4.41. The van der Waals surface area contributed by atoms with E-state index in [2.05, 4.69) is 13.8 Å². The maximum atomic E-state index is 2.29. The molecule has 0 aliphatic carbocycles. The summed E-state index contributed by atoms with van der Waals surface area (Å²) in [6.07, 6.45) is 5.84. The molecule has 0 spiro atoms. The second-order valence-corrected chi connectivity index (χ2v) is 6.74. The van der Waals surface area contributed by atoms with Crippen LogP contribution < -0.4 is 0 Å². The van der Waals surface area contributed by atoms with E-state index in [1.165, 1.54) is 25.7 Å². The summed E-state index contributed by atoms with van der Waals surface area (Å²) in [6, 6.07) is 0. The van der Waals surface area contributed by atoms with Gasteiger partial charge in [0.25, 0.3) is 0 Å². The van der Waals surface area contributed by atoms with E-state index in [-0.39, 0.29) is 53.8 Å². The SMILES string of the molecule is CCC[CH2][Sn+2][CH2]CCC.[O-2].[O-2].[Ti+4]. The Hall–Kier alpha value is 1.43. The Labute approximate surface area is 102 Å². The zero-order valence-electron chi connectivity index (χ0n) is 8.06. The van der Waals surface area contributed by atoms with Crippen molar-refractivity contribution in [1.82, 2.24) is 0 Å². The Balaban J connectivity index is -0.000000107. The van der Waals surface area contributed by atoms with Crippen LogP contribution in [0.15, 0.2) is 0 Å². The van der Waals surface area contributed by atoms with Gasteiger partial charge >= 0.3 is 91.3 Å². The quantitative estimate of drug-likeness (QED) is 0.535. The van der Waals surface area contributed by atoms with E-state index in [1.54, 1.807) is 8.87 Å². The van der Waals surface area contributed by atoms with Gasteiger partial charge in [-0.15, -0.1) is 0 Å². The average molecular weight is 313 g/mol. The van der Waals surface area contributed by atoms with Crippen molar-refractivity contribution < 1.29 is 32.7 Å². The molecule has 0 aromatic carbocycles. The minimum absolute atomic E-state index is 0. The molecule has 0 rings (SSSR count). The van der Waals surface area contributed by atoms with Crippen LogP contribution in [0.25, 0.3) is 0 Å². The second kappa shape index (κ2) is 22.9. The van der Waals surface area contributed by atoms with E-state index in [4.69, 9.17) is 0 Å². The topological polar surface area (TPSA) is 57.0 Å². The van der Waals surface area contributed by atoms with Crippen molar-refractivity contribution in [2.45, 2.75) is 48.4 Å². The number of hydrogen-bond acceptors (Lipinski definition) is 0. The molecule has 0 aliphatic rings. The van der Waals surface area contributed by atoms with Crippen molar-refractivity contribution in [3.63, 3.8) is 0 Å². The largest absolute Gasteiger partial charge is 4.00 e. The summed E-state index contributed by atoms with van der Waals surface area (Å²) in [4.78, 5) is 0. The Morgan fingerprint density at radius 1 is 0.833 bits per heavy atom. The third-order valence-electron chi connectivity index (χ3n) is 1.41. The number of rotatable bonds is 6. The molecule has 0 amide bonds. The van der Waals surface area contributed by atoms with Crippen LogP contribution in [0.2, 0.25) is 8.87 Å². The molecule has 0 saturated carbocycles. The first-order valence-electron chi connectivity index (χ1n) is 4.12. The molecule has 0 heterocycles. The van der Waals surface area contributed by atoms with Crippen molar-refractivity contribution in [2.24, 2.45) is 0 Å². The third kappa shape index (κ3) is 22.5. The van der Waals surface area contributed by atoms with Gasteiger partial charge in [0.2, 0.25) is 0 Å². The Morgan fingerprint density at radius 2 is 1.17 bits per heavy atom. The Kier molecular flexibility index (Phi) is 44.4. The standard InChI is InChI=1S/2C4H9.2O.Sn.Ti/c2*1-3-4-2;;;;/h2*1,3-4H2,2H3;;;;/q;;2*-2;+2;+4. The van der Waals surface area contributed by atoms with Gasteiger partial charge in [-0.1, -0.05) is 0 Å². The molecule has 0 aliphatic heterocycles. The van der Waals surface area contributed by atoms with E-state index in [9.17, 15) is 0 Å². The average Bonchev–Trinajstić information content (AvgIpc) is 1.89. The molecule has 0 aromatic rings. The van der Waals surface area contributed by atoms with E-state index < -0.39 is 0 Å². The first kappa shape index (κ1) is 23.3. The summed E-state index contributed by atoms with van der Waals surface area (Å²) < 4.78 is 3.25. The zero-order valence-corrected chi connectivity index (χ0v) is 12.5. The molecule has 0 N–H and O–H groups in total. The van der Waals surface area contributed by atoms with Crippen molar-refractivity contribution in [3.8, 4) is 0 Å². The van der Waals surface area contributed by atoms with Crippen molar-refractivity contribution >= 4 is 21.1 Å². The van der Waals surface area contributed by atoms with Crippen LogP contribution in [-0.4, -0.2) is 21.1 Å². The zero-order chi connectivity index (χ0) is 6.95. The van der Waals surface area contributed by atoms with Crippen LogP contribution >= 0.6 is 0 Å². The van der Waals surface area contributed by atoms with E-state index in [1.807, 2.05) is 0 Å². The third-order valence-corrected chi connectivity index (χ3v) is 5.45. The minimum atomic E-state index is 0. The fourth-order valence-corrected chi connectivity index (χ4v) is 4.89. The maximum absolute atomic E-state index is 2.29. The molecule has 0 radical (unpaired) electrons.